The molecule has 0 unspecified atom stereocenters. The smallest absolute Gasteiger partial charge is 0.200 e. The summed E-state index contributed by atoms with van der Waals surface area (Å²) in [5, 5.41) is 0. The van der Waals surface area contributed by atoms with Gasteiger partial charge in [-0.05, 0) is 6.42 Å². The van der Waals surface area contributed by atoms with E-state index in [4.69, 9.17) is 0 Å². The van der Waals surface area contributed by atoms with Crippen LogP contribution in [-0.2, 0) is 0 Å². The molecular weight excluding hydrogens is 417 g/mol. The molecule has 0 aliphatic carbocycles. The lowest BCUT2D eigenvalue weighted by molar-refractivity contribution is -0.452. The SMILES string of the molecule is [CH2]CCCC(F)(F)C(F)(F)C(F)(F)C(F)(F)C(F)(F)C(F)(F)C(F)(F)F. The highest BCUT2D eigenvalue weighted by Crippen LogP contribution is 2.62. The third-order valence-electron chi connectivity index (χ3n) is 3.13. The number of alkyl halides is 15. The Balaban J connectivity index is 6.33. The molecule has 26 heavy (non-hydrogen) atoms. The Labute approximate surface area is 135 Å². The van der Waals surface area contributed by atoms with Gasteiger partial charge in [-0.3, -0.25) is 0 Å². The quantitative estimate of drug-likeness (QED) is 0.397. The van der Waals surface area contributed by atoms with Crippen molar-refractivity contribution in [2.45, 2.75) is 61.0 Å². The van der Waals surface area contributed by atoms with Crippen molar-refractivity contribution in [3.05, 3.63) is 6.92 Å². The lowest BCUT2D eigenvalue weighted by Gasteiger charge is -2.41. The van der Waals surface area contributed by atoms with Gasteiger partial charge >= 0.3 is 41.7 Å². The van der Waals surface area contributed by atoms with Crippen LogP contribution in [0.3, 0.4) is 0 Å². The van der Waals surface area contributed by atoms with E-state index >= 15 is 0 Å². The van der Waals surface area contributed by atoms with Crippen molar-refractivity contribution >= 4 is 0 Å². The zero-order chi connectivity index (χ0) is 21.6. The van der Waals surface area contributed by atoms with Crippen LogP contribution >= 0.6 is 0 Å². The van der Waals surface area contributed by atoms with Crippen molar-refractivity contribution < 1.29 is 65.9 Å². The molecule has 0 aliphatic rings. The summed E-state index contributed by atoms with van der Waals surface area (Å²) >= 11 is 0. The first kappa shape index (κ1) is 24.9. The fourth-order valence-electron chi connectivity index (χ4n) is 1.50. The Bertz CT molecular complexity index is 486. The van der Waals surface area contributed by atoms with E-state index in [-0.39, 0.29) is 0 Å². The molecule has 0 aliphatic heterocycles. The number of hydrogen-bond donors (Lipinski definition) is 0. The molecule has 157 valence electrons. The second kappa shape index (κ2) is 6.53. The maximum Gasteiger partial charge on any atom is 0.460 e. The summed E-state index contributed by atoms with van der Waals surface area (Å²) < 4.78 is 191. The minimum Gasteiger partial charge on any atom is -0.200 e. The molecule has 15 heteroatoms. The van der Waals surface area contributed by atoms with Crippen LogP contribution < -0.4 is 0 Å². The van der Waals surface area contributed by atoms with Crippen LogP contribution in [0.5, 0.6) is 0 Å². The monoisotopic (exact) mass is 425 g/mol. The minimum atomic E-state index is -8.21. The Hall–Kier alpha value is -1.05. The van der Waals surface area contributed by atoms with Gasteiger partial charge in [-0.15, -0.1) is 0 Å². The van der Waals surface area contributed by atoms with E-state index in [1.54, 1.807) is 0 Å². The Morgan fingerprint density at radius 2 is 0.769 bits per heavy atom. The molecule has 0 spiro atoms. The summed E-state index contributed by atoms with van der Waals surface area (Å²) in [4.78, 5) is 0. The summed E-state index contributed by atoms with van der Waals surface area (Å²) in [5.41, 5.74) is 0. The molecule has 0 aromatic rings. The van der Waals surface area contributed by atoms with Crippen LogP contribution in [0.15, 0.2) is 0 Å². The van der Waals surface area contributed by atoms with Gasteiger partial charge in [-0.2, -0.15) is 65.9 Å². The predicted octanol–water partition coefficient (Wildman–Crippen LogP) is 6.36. The highest BCUT2D eigenvalue weighted by atomic mass is 19.4. The fraction of sp³-hybridized carbons (Fsp3) is 0.909. The lowest BCUT2D eigenvalue weighted by Crippen LogP contribution is -2.72. The third-order valence-corrected chi connectivity index (χ3v) is 3.13. The first-order valence-electron chi connectivity index (χ1n) is 6.19. The van der Waals surface area contributed by atoms with Crippen LogP contribution in [0.2, 0.25) is 0 Å². The second-order valence-corrected chi connectivity index (χ2v) is 5.03. The molecule has 0 atom stereocenters. The van der Waals surface area contributed by atoms with Crippen molar-refractivity contribution in [1.29, 1.82) is 0 Å². The molecule has 0 bridgehead atoms. The molecule has 0 saturated carbocycles. The zero-order valence-corrected chi connectivity index (χ0v) is 12.0. The van der Waals surface area contributed by atoms with Gasteiger partial charge in [0, 0.05) is 6.42 Å². The summed E-state index contributed by atoms with van der Waals surface area (Å²) in [6.45, 7) is 2.82. The van der Waals surface area contributed by atoms with Gasteiger partial charge in [-0.1, -0.05) is 13.3 Å². The summed E-state index contributed by atoms with van der Waals surface area (Å²) in [6.07, 6.45) is -11.6. The van der Waals surface area contributed by atoms with E-state index in [0.717, 1.165) is 0 Å². The van der Waals surface area contributed by atoms with Crippen LogP contribution in [0.4, 0.5) is 65.9 Å². The van der Waals surface area contributed by atoms with Gasteiger partial charge < -0.3 is 0 Å². The minimum absolute atomic E-state index is 0.629. The van der Waals surface area contributed by atoms with Crippen molar-refractivity contribution in [2.75, 3.05) is 0 Å². The lowest BCUT2D eigenvalue weighted by atomic mass is 9.89. The molecule has 0 heterocycles. The van der Waals surface area contributed by atoms with E-state index in [1.807, 2.05) is 0 Å². The topological polar surface area (TPSA) is 0 Å². The summed E-state index contributed by atoms with van der Waals surface area (Å²) in [5.74, 6) is -45.9. The molecular formula is C11H8F15. The molecule has 0 amide bonds. The highest BCUT2D eigenvalue weighted by molar-refractivity contribution is 5.12. The summed E-state index contributed by atoms with van der Waals surface area (Å²) in [6, 6.07) is 0. The van der Waals surface area contributed by atoms with Crippen molar-refractivity contribution in [1.82, 2.24) is 0 Å². The number of rotatable bonds is 8. The van der Waals surface area contributed by atoms with Crippen molar-refractivity contribution in [3.8, 4) is 0 Å². The maximum absolute atomic E-state index is 13.2. The highest BCUT2D eigenvalue weighted by Gasteiger charge is 2.93. The van der Waals surface area contributed by atoms with Crippen LogP contribution in [-0.4, -0.2) is 41.7 Å². The van der Waals surface area contributed by atoms with Gasteiger partial charge in [0.25, 0.3) is 0 Å². The Morgan fingerprint density at radius 3 is 1.08 bits per heavy atom. The van der Waals surface area contributed by atoms with Crippen LogP contribution in [0, 0.1) is 6.92 Å². The first-order chi connectivity index (χ1) is 11.1. The average Bonchev–Trinajstić information content (AvgIpc) is 2.42. The fourth-order valence-corrected chi connectivity index (χ4v) is 1.50. The number of halogens is 15. The number of unbranched alkanes of at least 4 members (excludes halogenated alkanes) is 1. The van der Waals surface area contributed by atoms with Gasteiger partial charge in [0.1, 0.15) is 0 Å². The maximum atomic E-state index is 13.2. The van der Waals surface area contributed by atoms with Crippen molar-refractivity contribution in [2.24, 2.45) is 0 Å². The summed E-state index contributed by atoms with van der Waals surface area (Å²) in [7, 11) is 0. The van der Waals surface area contributed by atoms with E-state index in [1.165, 1.54) is 0 Å². The molecule has 1 radical (unpaired) electrons. The number of hydrogen-bond acceptors (Lipinski definition) is 0. The van der Waals surface area contributed by atoms with Gasteiger partial charge in [0.15, 0.2) is 0 Å². The third kappa shape index (κ3) is 3.29. The van der Waals surface area contributed by atoms with E-state index in [9.17, 15) is 65.9 Å². The Kier molecular flexibility index (Phi) is 6.27. The van der Waals surface area contributed by atoms with Gasteiger partial charge in [0.05, 0.1) is 0 Å². The largest absolute Gasteiger partial charge is 0.460 e. The van der Waals surface area contributed by atoms with Crippen LogP contribution in [0.25, 0.3) is 0 Å². The molecule has 0 aromatic heterocycles. The van der Waals surface area contributed by atoms with Gasteiger partial charge in [0.2, 0.25) is 0 Å². The molecule has 0 saturated heterocycles. The zero-order valence-electron chi connectivity index (χ0n) is 12.0. The van der Waals surface area contributed by atoms with E-state index in [0.29, 0.717) is 0 Å². The molecule has 0 aromatic carbocycles. The standard InChI is InChI=1S/C11H8F15/c1-2-3-4-5(12,13)6(14,15)7(16,17)8(18,19)9(20,21)10(22,23)11(24,25)26/h1-4H2. The molecule has 0 rings (SSSR count). The van der Waals surface area contributed by atoms with Gasteiger partial charge in [-0.25, -0.2) is 0 Å². The molecule has 0 nitrogen and oxygen atoms in total. The van der Waals surface area contributed by atoms with Crippen molar-refractivity contribution in [3.63, 3.8) is 0 Å². The van der Waals surface area contributed by atoms with E-state index < -0.39 is 61.0 Å². The first-order valence-corrected chi connectivity index (χ1v) is 6.19. The average molecular weight is 425 g/mol. The van der Waals surface area contributed by atoms with E-state index in [2.05, 4.69) is 6.92 Å². The molecule has 0 fully saturated rings. The Morgan fingerprint density at radius 1 is 0.462 bits per heavy atom. The second-order valence-electron chi connectivity index (χ2n) is 5.03. The molecule has 0 N–H and O–H groups in total. The normalized spacial score (nSPS) is 16.2. The predicted molar refractivity (Wildman–Crippen MR) is 54.9 cm³/mol. The van der Waals surface area contributed by atoms with Crippen LogP contribution in [0.1, 0.15) is 19.3 Å².